The van der Waals surface area contributed by atoms with Gasteiger partial charge in [0.25, 0.3) is 0 Å². The highest BCUT2D eigenvalue weighted by atomic mass is 35.5. The molecule has 1 heterocycles. The third-order valence-electron chi connectivity index (χ3n) is 4.05. The summed E-state index contributed by atoms with van der Waals surface area (Å²) in [6, 6.07) is 9.92. The van der Waals surface area contributed by atoms with Gasteiger partial charge in [-0.1, -0.05) is 41.4 Å². The molecule has 0 saturated heterocycles. The Morgan fingerprint density at radius 2 is 1.93 bits per heavy atom. The van der Waals surface area contributed by atoms with Crippen molar-refractivity contribution in [3.63, 3.8) is 0 Å². The molecular formula is C18H14Cl2N2O6S. The zero-order chi connectivity index (χ0) is 21.3. The SMILES string of the molecule is NS(=O)(=O)Cn1cc(OC(=O)O)c(=O)c2cc(Cc3cccc(Cl)c3Cl)ccc21. The van der Waals surface area contributed by atoms with E-state index in [-0.39, 0.29) is 10.9 Å². The zero-order valence-electron chi connectivity index (χ0n) is 14.6. The number of carboxylic acid groups (broad SMARTS) is 1. The number of hydrogen-bond acceptors (Lipinski definition) is 5. The summed E-state index contributed by atoms with van der Waals surface area (Å²) in [6.45, 7) is 0. The van der Waals surface area contributed by atoms with Crippen molar-refractivity contribution in [2.75, 3.05) is 0 Å². The van der Waals surface area contributed by atoms with Crippen molar-refractivity contribution in [1.82, 2.24) is 4.57 Å². The maximum Gasteiger partial charge on any atom is 0.511 e. The number of nitrogens with zero attached hydrogens (tertiary/aromatic N) is 1. The van der Waals surface area contributed by atoms with E-state index >= 15 is 0 Å². The van der Waals surface area contributed by atoms with E-state index in [9.17, 15) is 18.0 Å². The van der Waals surface area contributed by atoms with E-state index in [0.29, 0.717) is 22.0 Å². The maximum absolute atomic E-state index is 12.7. The number of benzene rings is 2. The Hall–Kier alpha value is -2.59. The van der Waals surface area contributed by atoms with Gasteiger partial charge in [-0.05, 0) is 35.7 Å². The van der Waals surface area contributed by atoms with Gasteiger partial charge in [0.05, 0.1) is 21.8 Å². The van der Waals surface area contributed by atoms with Gasteiger partial charge in [-0.2, -0.15) is 0 Å². The van der Waals surface area contributed by atoms with E-state index in [1.165, 1.54) is 6.07 Å². The number of fused-ring (bicyclic) bond motifs is 1. The van der Waals surface area contributed by atoms with Crippen LogP contribution in [0.4, 0.5) is 4.79 Å². The molecule has 2 aromatic carbocycles. The molecule has 8 nitrogen and oxygen atoms in total. The summed E-state index contributed by atoms with van der Waals surface area (Å²) in [7, 11) is -3.97. The predicted octanol–water partition coefficient (Wildman–Crippen LogP) is 3.20. The van der Waals surface area contributed by atoms with E-state index < -0.39 is 33.2 Å². The standard InChI is InChI=1S/C18H14Cl2N2O6S/c19-13-3-1-2-11(16(13)20)6-10-4-5-14-12(7-10)17(23)15(28-18(24)25)8-22(14)9-29(21,26)27/h1-5,7-8H,6,9H2,(H,24,25)(H2,21,26,27). The number of halogens is 2. The molecule has 0 unspecified atom stereocenters. The first-order valence-electron chi connectivity index (χ1n) is 8.05. The monoisotopic (exact) mass is 456 g/mol. The molecule has 0 bridgehead atoms. The van der Waals surface area contributed by atoms with E-state index in [4.69, 9.17) is 33.4 Å². The topological polar surface area (TPSA) is 129 Å². The van der Waals surface area contributed by atoms with Crippen LogP contribution in [0.1, 0.15) is 11.1 Å². The summed E-state index contributed by atoms with van der Waals surface area (Å²) in [5, 5.41) is 14.8. The van der Waals surface area contributed by atoms with Gasteiger partial charge in [0.15, 0.2) is 5.75 Å². The molecule has 11 heteroatoms. The molecule has 3 N–H and O–H groups in total. The van der Waals surface area contributed by atoms with Gasteiger partial charge in [-0.15, -0.1) is 0 Å². The number of sulfonamides is 1. The second kappa shape index (κ2) is 8.03. The Bertz CT molecular complexity index is 1290. The van der Waals surface area contributed by atoms with Gasteiger partial charge in [0.2, 0.25) is 15.5 Å². The van der Waals surface area contributed by atoms with Crippen LogP contribution in [0.5, 0.6) is 5.75 Å². The first-order chi connectivity index (χ1) is 13.5. The molecule has 0 aliphatic rings. The fourth-order valence-corrected chi connectivity index (χ4v) is 3.89. The molecule has 3 aromatic rings. The second-order valence-electron chi connectivity index (χ2n) is 6.19. The van der Waals surface area contributed by atoms with Gasteiger partial charge in [0, 0.05) is 5.39 Å². The van der Waals surface area contributed by atoms with Gasteiger partial charge in [-0.3, -0.25) is 4.79 Å². The van der Waals surface area contributed by atoms with Crippen LogP contribution in [0, 0.1) is 0 Å². The van der Waals surface area contributed by atoms with Crippen LogP contribution >= 0.6 is 23.2 Å². The number of hydrogen-bond donors (Lipinski definition) is 2. The Balaban J connectivity index is 2.17. The Kier molecular flexibility index (Phi) is 5.85. The smallest absolute Gasteiger partial charge is 0.449 e. The van der Waals surface area contributed by atoms with Crippen molar-refractivity contribution >= 4 is 50.3 Å². The summed E-state index contributed by atoms with van der Waals surface area (Å²) in [6.07, 6.45) is -0.365. The van der Waals surface area contributed by atoms with Gasteiger partial charge < -0.3 is 14.4 Å². The molecule has 0 aliphatic heterocycles. The van der Waals surface area contributed by atoms with Crippen molar-refractivity contribution in [3.05, 3.63) is 74.0 Å². The largest absolute Gasteiger partial charge is 0.511 e. The lowest BCUT2D eigenvalue weighted by molar-refractivity contribution is 0.144. The number of carbonyl (C=O) groups is 1. The molecule has 0 atom stereocenters. The summed E-state index contributed by atoms with van der Waals surface area (Å²) >= 11 is 12.2. The van der Waals surface area contributed by atoms with Crippen molar-refractivity contribution in [2.45, 2.75) is 12.3 Å². The summed E-state index contributed by atoms with van der Waals surface area (Å²) in [4.78, 5) is 23.6. The zero-order valence-corrected chi connectivity index (χ0v) is 17.0. The fourth-order valence-electron chi connectivity index (χ4n) is 2.90. The molecule has 0 fully saturated rings. The molecular weight excluding hydrogens is 443 g/mol. The van der Waals surface area contributed by atoms with Crippen LogP contribution in [0.25, 0.3) is 10.9 Å². The Morgan fingerprint density at radius 1 is 1.21 bits per heavy atom. The first-order valence-corrected chi connectivity index (χ1v) is 10.5. The van der Waals surface area contributed by atoms with Crippen LogP contribution in [-0.2, 0) is 22.3 Å². The number of pyridine rings is 1. The minimum absolute atomic E-state index is 0.0723. The van der Waals surface area contributed by atoms with E-state index in [1.807, 2.05) is 0 Å². The number of nitrogens with two attached hydrogens (primary N) is 1. The van der Waals surface area contributed by atoms with E-state index in [1.54, 1.807) is 30.3 Å². The number of aromatic nitrogens is 1. The van der Waals surface area contributed by atoms with Crippen LogP contribution in [0.3, 0.4) is 0 Å². The molecule has 0 amide bonds. The Labute approximate surface area is 175 Å². The highest BCUT2D eigenvalue weighted by Crippen LogP contribution is 2.28. The average Bonchev–Trinajstić information content (AvgIpc) is 2.61. The van der Waals surface area contributed by atoms with Crippen molar-refractivity contribution < 1.29 is 23.1 Å². The van der Waals surface area contributed by atoms with Crippen LogP contribution in [-0.4, -0.2) is 24.2 Å². The normalized spacial score (nSPS) is 11.6. The summed E-state index contributed by atoms with van der Waals surface area (Å²) in [5.74, 6) is -1.20. The third kappa shape index (κ3) is 4.88. The van der Waals surface area contributed by atoms with Gasteiger partial charge in [-0.25, -0.2) is 18.4 Å². The quantitative estimate of drug-likeness (QED) is 0.567. The van der Waals surface area contributed by atoms with Crippen molar-refractivity contribution in [2.24, 2.45) is 5.14 Å². The molecule has 1 aromatic heterocycles. The number of primary sulfonamides is 1. The highest BCUT2D eigenvalue weighted by Gasteiger charge is 2.16. The molecule has 0 spiro atoms. The number of ether oxygens (including phenoxy) is 1. The van der Waals surface area contributed by atoms with Crippen LogP contribution in [0.15, 0.2) is 47.4 Å². The lowest BCUT2D eigenvalue weighted by Crippen LogP contribution is -2.22. The highest BCUT2D eigenvalue weighted by molar-refractivity contribution is 7.88. The summed E-state index contributed by atoms with van der Waals surface area (Å²) < 4.78 is 28.7. The summed E-state index contributed by atoms with van der Waals surface area (Å²) in [5.41, 5.74) is 0.949. The average molecular weight is 457 g/mol. The predicted molar refractivity (Wildman–Crippen MR) is 109 cm³/mol. The molecule has 3 rings (SSSR count). The minimum atomic E-state index is -3.97. The molecule has 152 valence electrons. The van der Waals surface area contributed by atoms with Crippen LogP contribution in [0.2, 0.25) is 10.0 Å². The molecule has 29 heavy (non-hydrogen) atoms. The lowest BCUT2D eigenvalue weighted by atomic mass is 10.0. The third-order valence-corrected chi connectivity index (χ3v) is 5.55. The van der Waals surface area contributed by atoms with E-state index in [0.717, 1.165) is 16.3 Å². The minimum Gasteiger partial charge on any atom is -0.449 e. The number of rotatable bonds is 5. The van der Waals surface area contributed by atoms with Gasteiger partial charge >= 0.3 is 6.16 Å². The first kappa shape index (κ1) is 21.1. The molecule has 0 saturated carbocycles. The van der Waals surface area contributed by atoms with Crippen molar-refractivity contribution in [1.29, 1.82) is 0 Å². The lowest BCUT2D eigenvalue weighted by Gasteiger charge is -2.13. The Morgan fingerprint density at radius 3 is 2.59 bits per heavy atom. The van der Waals surface area contributed by atoms with E-state index in [2.05, 4.69) is 4.74 Å². The van der Waals surface area contributed by atoms with Crippen LogP contribution < -0.4 is 15.3 Å². The second-order valence-corrected chi connectivity index (χ2v) is 8.56. The molecule has 0 aliphatic carbocycles. The van der Waals surface area contributed by atoms with Gasteiger partial charge in [0.1, 0.15) is 5.88 Å². The fraction of sp³-hybridized carbons (Fsp3) is 0.111. The molecule has 0 radical (unpaired) electrons. The van der Waals surface area contributed by atoms with Crippen molar-refractivity contribution in [3.8, 4) is 5.75 Å². The maximum atomic E-state index is 12.7.